The van der Waals surface area contributed by atoms with Crippen molar-refractivity contribution < 1.29 is 4.79 Å². The molecule has 3 aromatic rings. The molecule has 0 aliphatic heterocycles. The number of benzene rings is 2. The molecule has 1 aromatic heterocycles. The molecule has 5 nitrogen and oxygen atoms in total. The summed E-state index contributed by atoms with van der Waals surface area (Å²) in [7, 11) is 0. The van der Waals surface area contributed by atoms with Gasteiger partial charge in [-0.3, -0.25) is 4.79 Å². The van der Waals surface area contributed by atoms with Crippen molar-refractivity contribution in [2.45, 2.75) is 33.1 Å². The second kappa shape index (κ2) is 7.98. The van der Waals surface area contributed by atoms with Gasteiger partial charge in [-0.2, -0.15) is 10.2 Å². The zero-order valence-corrected chi connectivity index (χ0v) is 17.2. The lowest BCUT2D eigenvalue weighted by atomic mass is 9.87. The lowest BCUT2D eigenvalue weighted by Gasteiger charge is -2.18. The highest BCUT2D eigenvalue weighted by atomic mass is 35.5. The minimum atomic E-state index is -0.277. The largest absolute Gasteiger partial charge is 0.271 e. The summed E-state index contributed by atoms with van der Waals surface area (Å²) in [6, 6.07) is 17.2. The maximum Gasteiger partial charge on any atom is 0.271 e. The monoisotopic (exact) mass is 394 g/mol. The fraction of sp³-hybridized carbons (Fsp3) is 0.227. The van der Waals surface area contributed by atoms with Crippen molar-refractivity contribution in [3.05, 3.63) is 82.1 Å². The SMILES string of the molecule is Cc1c(/C=N\NC(=O)c2ccc(C(C)(C)C)cc2)c(Cl)nn1-c1ccccc1. The summed E-state index contributed by atoms with van der Waals surface area (Å²) in [5, 5.41) is 8.73. The number of amides is 1. The smallest absolute Gasteiger partial charge is 0.267 e. The van der Waals surface area contributed by atoms with Crippen LogP contribution in [0.2, 0.25) is 5.15 Å². The molecule has 0 aliphatic rings. The Morgan fingerprint density at radius 2 is 1.75 bits per heavy atom. The molecule has 0 unspecified atom stereocenters. The first-order chi connectivity index (χ1) is 13.3. The Morgan fingerprint density at radius 1 is 1.11 bits per heavy atom. The van der Waals surface area contributed by atoms with E-state index in [1.165, 1.54) is 11.8 Å². The summed E-state index contributed by atoms with van der Waals surface area (Å²) in [6.07, 6.45) is 1.52. The third-order valence-electron chi connectivity index (χ3n) is 4.49. The van der Waals surface area contributed by atoms with Gasteiger partial charge in [0.05, 0.1) is 23.2 Å². The lowest BCUT2D eigenvalue weighted by Crippen LogP contribution is -2.18. The molecular weight excluding hydrogens is 372 g/mol. The zero-order chi connectivity index (χ0) is 20.3. The Bertz CT molecular complexity index is 1000. The molecule has 0 saturated carbocycles. The molecule has 1 amide bonds. The van der Waals surface area contributed by atoms with Crippen LogP contribution in [0.4, 0.5) is 0 Å². The predicted molar refractivity (Wildman–Crippen MR) is 114 cm³/mol. The molecule has 0 fully saturated rings. The van der Waals surface area contributed by atoms with E-state index < -0.39 is 0 Å². The van der Waals surface area contributed by atoms with Crippen LogP contribution < -0.4 is 5.43 Å². The number of rotatable bonds is 4. The molecule has 0 aliphatic carbocycles. The number of halogens is 1. The normalized spacial score (nSPS) is 11.8. The van der Waals surface area contributed by atoms with Crippen LogP contribution in [0.3, 0.4) is 0 Å². The first kappa shape index (κ1) is 19.8. The van der Waals surface area contributed by atoms with Crippen LogP contribution in [-0.2, 0) is 5.41 Å². The van der Waals surface area contributed by atoms with Crippen molar-refractivity contribution in [1.82, 2.24) is 15.2 Å². The quantitative estimate of drug-likeness (QED) is 0.505. The van der Waals surface area contributed by atoms with Crippen LogP contribution in [0.25, 0.3) is 5.69 Å². The molecule has 2 aromatic carbocycles. The maximum atomic E-state index is 12.3. The van der Waals surface area contributed by atoms with E-state index in [-0.39, 0.29) is 11.3 Å². The molecule has 0 bridgehead atoms. The fourth-order valence-corrected chi connectivity index (χ4v) is 3.05. The van der Waals surface area contributed by atoms with Crippen molar-refractivity contribution in [2.24, 2.45) is 5.10 Å². The third-order valence-corrected chi connectivity index (χ3v) is 4.77. The van der Waals surface area contributed by atoms with Gasteiger partial charge in [0.25, 0.3) is 5.91 Å². The van der Waals surface area contributed by atoms with Crippen LogP contribution in [0.1, 0.15) is 48.0 Å². The minimum Gasteiger partial charge on any atom is -0.267 e. The second-order valence-corrected chi connectivity index (χ2v) is 7.92. The summed E-state index contributed by atoms with van der Waals surface area (Å²) in [6.45, 7) is 8.30. The predicted octanol–water partition coefficient (Wildman–Crippen LogP) is 4.90. The van der Waals surface area contributed by atoms with E-state index in [0.717, 1.165) is 11.4 Å². The molecule has 6 heteroatoms. The Balaban J connectivity index is 1.73. The number of hydrogen-bond donors (Lipinski definition) is 1. The molecule has 0 spiro atoms. The number of hydrazone groups is 1. The van der Waals surface area contributed by atoms with Crippen molar-refractivity contribution in [3.63, 3.8) is 0 Å². The highest BCUT2D eigenvalue weighted by molar-refractivity contribution is 6.32. The van der Waals surface area contributed by atoms with Gasteiger partial charge in [-0.05, 0) is 42.2 Å². The van der Waals surface area contributed by atoms with E-state index in [0.29, 0.717) is 16.3 Å². The topological polar surface area (TPSA) is 59.3 Å². The van der Waals surface area contributed by atoms with E-state index in [9.17, 15) is 4.79 Å². The Hall–Kier alpha value is -2.92. The van der Waals surface area contributed by atoms with Crippen LogP contribution in [0.5, 0.6) is 0 Å². The number of carbonyl (C=O) groups excluding carboxylic acids is 1. The van der Waals surface area contributed by atoms with Crippen molar-refractivity contribution in [1.29, 1.82) is 0 Å². The van der Waals surface area contributed by atoms with Crippen LogP contribution >= 0.6 is 11.6 Å². The Kier molecular flexibility index (Phi) is 5.66. The van der Waals surface area contributed by atoms with Gasteiger partial charge in [0, 0.05) is 5.56 Å². The molecule has 144 valence electrons. The first-order valence-electron chi connectivity index (χ1n) is 9.02. The van der Waals surface area contributed by atoms with E-state index in [4.69, 9.17) is 11.6 Å². The van der Waals surface area contributed by atoms with Crippen LogP contribution in [0.15, 0.2) is 59.7 Å². The number of nitrogens with zero attached hydrogens (tertiary/aromatic N) is 3. The van der Waals surface area contributed by atoms with Crippen molar-refractivity contribution in [2.75, 3.05) is 0 Å². The zero-order valence-electron chi connectivity index (χ0n) is 16.4. The number of aromatic nitrogens is 2. The van der Waals surface area contributed by atoms with Crippen LogP contribution in [-0.4, -0.2) is 21.9 Å². The van der Waals surface area contributed by atoms with E-state index in [1.54, 1.807) is 16.8 Å². The first-order valence-corrected chi connectivity index (χ1v) is 9.39. The van der Waals surface area contributed by atoms with Gasteiger partial charge in [-0.1, -0.05) is 62.7 Å². The van der Waals surface area contributed by atoms with E-state index >= 15 is 0 Å². The molecule has 0 radical (unpaired) electrons. The van der Waals surface area contributed by atoms with Crippen molar-refractivity contribution in [3.8, 4) is 5.69 Å². The summed E-state index contributed by atoms with van der Waals surface area (Å²) < 4.78 is 1.75. The lowest BCUT2D eigenvalue weighted by molar-refractivity contribution is 0.0955. The summed E-state index contributed by atoms with van der Waals surface area (Å²) in [5.74, 6) is -0.277. The van der Waals surface area contributed by atoms with Gasteiger partial charge in [0.2, 0.25) is 0 Å². The average Bonchev–Trinajstić information content (AvgIpc) is 2.96. The van der Waals surface area contributed by atoms with Gasteiger partial charge in [-0.25, -0.2) is 10.1 Å². The van der Waals surface area contributed by atoms with E-state index in [2.05, 4.69) is 36.4 Å². The average molecular weight is 395 g/mol. The third kappa shape index (κ3) is 4.31. The fourth-order valence-electron chi connectivity index (χ4n) is 2.79. The molecule has 28 heavy (non-hydrogen) atoms. The molecule has 0 saturated heterocycles. The number of carbonyl (C=O) groups is 1. The summed E-state index contributed by atoms with van der Waals surface area (Å²) in [5.41, 5.74) is 6.71. The van der Waals surface area contributed by atoms with Gasteiger partial charge in [-0.15, -0.1) is 0 Å². The molecule has 1 heterocycles. The molecular formula is C22H23ClN4O. The standard InChI is InChI=1S/C22H23ClN4O/c1-15-19(20(23)26-27(15)18-8-6-5-7-9-18)14-24-25-21(28)16-10-12-17(13-11-16)22(2,3)4/h5-14H,1-4H3,(H,25,28)/b24-14-. The number of hydrogen-bond acceptors (Lipinski definition) is 3. The molecule has 3 rings (SSSR count). The van der Waals surface area contributed by atoms with Gasteiger partial charge < -0.3 is 0 Å². The second-order valence-electron chi connectivity index (χ2n) is 7.56. The van der Waals surface area contributed by atoms with Gasteiger partial charge >= 0.3 is 0 Å². The maximum absolute atomic E-state index is 12.3. The van der Waals surface area contributed by atoms with Crippen molar-refractivity contribution >= 4 is 23.7 Å². The minimum absolute atomic E-state index is 0.0420. The summed E-state index contributed by atoms with van der Waals surface area (Å²) in [4.78, 5) is 12.3. The highest BCUT2D eigenvalue weighted by Gasteiger charge is 2.15. The highest BCUT2D eigenvalue weighted by Crippen LogP contribution is 2.22. The van der Waals surface area contributed by atoms with Gasteiger partial charge in [0.15, 0.2) is 5.15 Å². The Labute approximate surface area is 170 Å². The molecule has 0 atom stereocenters. The molecule has 1 N–H and O–H groups in total. The van der Waals surface area contributed by atoms with Gasteiger partial charge in [0.1, 0.15) is 0 Å². The van der Waals surface area contributed by atoms with E-state index in [1.807, 2.05) is 49.4 Å². The Morgan fingerprint density at radius 3 is 2.36 bits per heavy atom. The van der Waals surface area contributed by atoms with Crippen LogP contribution in [0, 0.1) is 6.92 Å². The number of para-hydroxylation sites is 1. The number of nitrogens with one attached hydrogen (secondary N) is 1. The summed E-state index contributed by atoms with van der Waals surface area (Å²) >= 11 is 6.26.